The lowest BCUT2D eigenvalue weighted by Crippen LogP contribution is -1.89. The molecule has 0 heteroatoms. The van der Waals surface area contributed by atoms with Crippen LogP contribution in [0.4, 0.5) is 0 Å². The third-order valence-electron chi connectivity index (χ3n) is 1.75. The predicted octanol–water partition coefficient (Wildman–Crippen LogP) is 5.91. The van der Waals surface area contributed by atoms with Crippen LogP contribution in [0.3, 0.4) is 0 Å². The van der Waals surface area contributed by atoms with Crippen LogP contribution in [0, 0.1) is 11.8 Å². The lowest BCUT2D eigenvalue weighted by molar-refractivity contribution is 0.492. The molecule has 0 aromatic rings. The Morgan fingerprint density at radius 3 is 1.43 bits per heavy atom. The Balaban J connectivity index is -0.000000170. The molecule has 0 radical (unpaired) electrons. The summed E-state index contributed by atoms with van der Waals surface area (Å²) in [7, 11) is 0. The van der Waals surface area contributed by atoms with Gasteiger partial charge in [0.05, 0.1) is 0 Å². The van der Waals surface area contributed by atoms with Crippen molar-refractivity contribution in [3.8, 4) is 0 Å². The van der Waals surface area contributed by atoms with Gasteiger partial charge >= 0.3 is 0 Å². The topological polar surface area (TPSA) is 0 Å². The van der Waals surface area contributed by atoms with Crippen LogP contribution in [-0.4, -0.2) is 0 Å². The zero-order chi connectivity index (χ0) is 12.0. The minimum Gasteiger partial charge on any atom is -0.0683 e. The molecule has 0 saturated carbocycles. The molecule has 0 bridgehead atoms. The average molecular weight is 202 g/mol. The van der Waals surface area contributed by atoms with E-state index in [9.17, 15) is 0 Å². The van der Waals surface area contributed by atoms with Gasteiger partial charge in [-0.3, -0.25) is 0 Å². The normalized spacial score (nSPS) is 10.9. The van der Waals surface area contributed by atoms with Crippen LogP contribution in [0.25, 0.3) is 0 Å². The molecule has 0 aromatic carbocycles. The zero-order valence-corrected chi connectivity index (χ0v) is 12.0. The van der Waals surface area contributed by atoms with E-state index < -0.39 is 0 Å². The maximum Gasteiger partial charge on any atom is -0.0445 e. The standard InChI is InChI=1S/C8H18.C4H10.C2H6/c1-4-6-7-8(3)5-2;1-4(2)3;1-2/h8H,4-7H2,1-3H3;4H,1-3H3;1-2H3. The molecular formula is C14H34. The van der Waals surface area contributed by atoms with Crippen LogP contribution >= 0.6 is 0 Å². The first kappa shape index (κ1) is 19.6. The fourth-order valence-corrected chi connectivity index (χ4v) is 0.757. The van der Waals surface area contributed by atoms with Crippen LogP contribution < -0.4 is 0 Å². The maximum atomic E-state index is 2.33. The minimum atomic E-state index is 0.833. The van der Waals surface area contributed by atoms with Gasteiger partial charge in [-0.15, -0.1) is 0 Å². The smallest absolute Gasteiger partial charge is 0.0445 e. The van der Waals surface area contributed by atoms with E-state index in [1.165, 1.54) is 25.7 Å². The molecule has 0 fully saturated rings. The van der Waals surface area contributed by atoms with E-state index in [0.29, 0.717) is 0 Å². The van der Waals surface area contributed by atoms with Crippen LogP contribution in [0.5, 0.6) is 0 Å². The molecule has 0 amide bonds. The van der Waals surface area contributed by atoms with Gasteiger partial charge in [0.15, 0.2) is 0 Å². The van der Waals surface area contributed by atoms with E-state index in [1.807, 2.05) is 13.8 Å². The van der Waals surface area contributed by atoms with Gasteiger partial charge < -0.3 is 0 Å². The summed E-state index contributed by atoms with van der Waals surface area (Å²) >= 11 is 0. The van der Waals surface area contributed by atoms with E-state index in [0.717, 1.165) is 11.8 Å². The SMILES string of the molecule is CC.CC(C)C.CCCCC(C)CC. The highest BCUT2D eigenvalue weighted by molar-refractivity contribution is 4.47. The largest absolute Gasteiger partial charge is 0.0683 e. The van der Waals surface area contributed by atoms with E-state index in [4.69, 9.17) is 0 Å². The zero-order valence-electron chi connectivity index (χ0n) is 12.0. The molecule has 14 heavy (non-hydrogen) atoms. The Labute approximate surface area is 93.5 Å². The van der Waals surface area contributed by atoms with Crippen LogP contribution in [-0.2, 0) is 0 Å². The molecule has 0 aromatic heterocycles. The number of hydrogen-bond donors (Lipinski definition) is 0. The van der Waals surface area contributed by atoms with Gasteiger partial charge in [0.2, 0.25) is 0 Å². The summed E-state index contributed by atoms with van der Waals surface area (Å²) in [4.78, 5) is 0. The van der Waals surface area contributed by atoms with Gasteiger partial charge in [0, 0.05) is 0 Å². The summed E-state index contributed by atoms with van der Waals surface area (Å²) in [5.74, 6) is 1.79. The molecule has 0 aliphatic rings. The monoisotopic (exact) mass is 202 g/mol. The molecule has 0 heterocycles. The number of rotatable bonds is 4. The predicted molar refractivity (Wildman–Crippen MR) is 70.8 cm³/mol. The summed E-state index contributed by atoms with van der Waals surface area (Å²) in [5.41, 5.74) is 0. The van der Waals surface area contributed by atoms with Crippen molar-refractivity contribution >= 4 is 0 Å². The van der Waals surface area contributed by atoms with Crippen molar-refractivity contribution in [2.75, 3.05) is 0 Å². The van der Waals surface area contributed by atoms with Gasteiger partial charge in [0.1, 0.15) is 0 Å². The molecule has 0 saturated heterocycles. The Morgan fingerprint density at radius 2 is 1.21 bits per heavy atom. The van der Waals surface area contributed by atoms with Gasteiger partial charge in [0.25, 0.3) is 0 Å². The molecular weight excluding hydrogens is 168 g/mol. The summed E-state index contributed by atoms with van der Waals surface area (Å²) in [5, 5.41) is 0. The lowest BCUT2D eigenvalue weighted by atomic mass is 10.0. The summed E-state index contributed by atoms with van der Waals surface area (Å²) < 4.78 is 0. The number of hydrogen-bond acceptors (Lipinski definition) is 0. The Kier molecular flexibility index (Phi) is 26.1. The average Bonchev–Trinajstić information content (AvgIpc) is 2.16. The summed E-state index contributed by atoms with van der Waals surface area (Å²) in [6.45, 7) is 17.3. The second-order valence-electron chi connectivity index (χ2n) is 4.39. The fourth-order valence-electron chi connectivity index (χ4n) is 0.757. The molecule has 0 spiro atoms. The second-order valence-corrected chi connectivity index (χ2v) is 4.39. The molecule has 90 valence electrons. The van der Waals surface area contributed by atoms with Gasteiger partial charge in [-0.25, -0.2) is 0 Å². The van der Waals surface area contributed by atoms with E-state index in [2.05, 4.69) is 41.5 Å². The molecule has 0 nitrogen and oxygen atoms in total. The summed E-state index contributed by atoms with van der Waals surface area (Å²) in [6, 6.07) is 0. The highest BCUT2D eigenvalue weighted by Gasteiger charge is 1.94. The van der Waals surface area contributed by atoms with Crippen molar-refractivity contribution < 1.29 is 0 Å². The first-order valence-corrected chi connectivity index (χ1v) is 6.54. The first-order valence-electron chi connectivity index (χ1n) is 6.54. The van der Waals surface area contributed by atoms with E-state index in [1.54, 1.807) is 0 Å². The summed E-state index contributed by atoms with van der Waals surface area (Å²) in [6.07, 6.45) is 5.53. The third kappa shape index (κ3) is 40.3. The van der Waals surface area contributed by atoms with Crippen molar-refractivity contribution in [3.63, 3.8) is 0 Å². The maximum absolute atomic E-state index is 2.33. The Morgan fingerprint density at radius 1 is 0.857 bits per heavy atom. The first-order chi connectivity index (χ1) is 6.54. The lowest BCUT2D eigenvalue weighted by Gasteiger charge is -2.04. The third-order valence-corrected chi connectivity index (χ3v) is 1.75. The van der Waals surface area contributed by atoms with Crippen molar-refractivity contribution in [1.82, 2.24) is 0 Å². The van der Waals surface area contributed by atoms with Crippen molar-refractivity contribution in [2.45, 2.75) is 81.1 Å². The quantitative estimate of drug-likeness (QED) is 0.531. The molecule has 1 atom stereocenters. The highest BCUT2D eigenvalue weighted by atomic mass is 14.0. The van der Waals surface area contributed by atoms with Crippen molar-refractivity contribution in [3.05, 3.63) is 0 Å². The number of unbranched alkanes of at least 4 members (excludes halogenated alkanes) is 1. The molecule has 0 aliphatic carbocycles. The Bertz CT molecular complexity index is 61.7. The molecule has 1 unspecified atom stereocenters. The molecule has 0 N–H and O–H groups in total. The molecule has 0 aliphatic heterocycles. The highest BCUT2D eigenvalue weighted by Crippen LogP contribution is 2.09. The van der Waals surface area contributed by atoms with Crippen LogP contribution in [0.15, 0.2) is 0 Å². The van der Waals surface area contributed by atoms with Crippen molar-refractivity contribution in [2.24, 2.45) is 11.8 Å². The van der Waals surface area contributed by atoms with E-state index in [-0.39, 0.29) is 0 Å². The Hall–Kier alpha value is 0. The minimum absolute atomic E-state index is 0.833. The molecule has 0 rings (SSSR count). The van der Waals surface area contributed by atoms with Gasteiger partial charge in [-0.2, -0.15) is 0 Å². The van der Waals surface area contributed by atoms with Crippen LogP contribution in [0.1, 0.15) is 81.1 Å². The second kappa shape index (κ2) is 18.7. The van der Waals surface area contributed by atoms with Crippen LogP contribution in [0.2, 0.25) is 0 Å². The van der Waals surface area contributed by atoms with Crippen molar-refractivity contribution in [1.29, 1.82) is 0 Å². The van der Waals surface area contributed by atoms with Gasteiger partial charge in [-0.1, -0.05) is 81.1 Å². The van der Waals surface area contributed by atoms with Gasteiger partial charge in [-0.05, 0) is 11.8 Å². The van der Waals surface area contributed by atoms with E-state index >= 15 is 0 Å². The fraction of sp³-hybridized carbons (Fsp3) is 1.00.